The van der Waals surface area contributed by atoms with Crippen molar-refractivity contribution in [3.05, 3.63) is 66.8 Å². The van der Waals surface area contributed by atoms with Gasteiger partial charge in [0.1, 0.15) is 5.75 Å². The number of nitrogens with two attached hydrogens (primary N) is 1. The van der Waals surface area contributed by atoms with Gasteiger partial charge in [-0.3, -0.25) is 0 Å². The summed E-state index contributed by atoms with van der Waals surface area (Å²) in [7, 11) is 1.75. The van der Waals surface area contributed by atoms with Crippen molar-refractivity contribution in [3.8, 4) is 5.75 Å². The van der Waals surface area contributed by atoms with Crippen molar-refractivity contribution < 1.29 is 4.74 Å². The van der Waals surface area contributed by atoms with Gasteiger partial charge in [0.15, 0.2) is 0 Å². The van der Waals surface area contributed by atoms with Crippen LogP contribution in [0, 0.1) is 0 Å². The van der Waals surface area contributed by atoms with E-state index in [0.717, 1.165) is 11.3 Å². The molecule has 0 aliphatic heterocycles. The molecule has 0 unspecified atom stereocenters. The van der Waals surface area contributed by atoms with Crippen molar-refractivity contribution in [2.75, 3.05) is 13.7 Å². The molecule has 0 radical (unpaired) electrons. The van der Waals surface area contributed by atoms with Crippen LogP contribution in [0.5, 0.6) is 5.75 Å². The maximum Gasteiger partial charge on any atom is 0.122 e. The standard InChI is InChI=1S/C11H14O.C6H11N.C2H4/c1-12-11-8-4-6-9-5-2-3-7-10(9)11;1-3-6(4-2)5-7;1-2/h4,6,8H,2-3,5,7H2,1H3;3-4H,1,5,7H2,2H3;1-2H2/b;6-4+;. The number of benzene rings is 1. The molecule has 0 aromatic heterocycles. The van der Waals surface area contributed by atoms with Crippen LogP contribution in [0.1, 0.15) is 30.9 Å². The zero-order valence-corrected chi connectivity index (χ0v) is 13.5. The van der Waals surface area contributed by atoms with Crippen molar-refractivity contribution in [2.24, 2.45) is 5.73 Å². The van der Waals surface area contributed by atoms with Gasteiger partial charge in [0, 0.05) is 6.54 Å². The first-order valence-corrected chi connectivity index (χ1v) is 7.39. The molecule has 116 valence electrons. The predicted molar refractivity (Wildman–Crippen MR) is 93.9 cm³/mol. The van der Waals surface area contributed by atoms with Gasteiger partial charge in [0.2, 0.25) is 0 Å². The fraction of sp³-hybridized carbons (Fsp3) is 0.368. The van der Waals surface area contributed by atoms with Crippen LogP contribution in [0.2, 0.25) is 0 Å². The molecular formula is C19H29NO. The quantitative estimate of drug-likeness (QED) is 0.658. The molecule has 0 amide bonds. The van der Waals surface area contributed by atoms with Crippen molar-refractivity contribution in [1.82, 2.24) is 0 Å². The molecule has 0 saturated heterocycles. The van der Waals surface area contributed by atoms with Gasteiger partial charge >= 0.3 is 0 Å². The number of aryl methyl sites for hydroxylation is 1. The van der Waals surface area contributed by atoms with Crippen LogP contribution in [0.25, 0.3) is 0 Å². The molecule has 2 heteroatoms. The van der Waals surface area contributed by atoms with Crippen molar-refractivity contribution in [2.45, 2.75) is 32.6 Å². The lowest BCUT2D eigenvalue weighted by atomic mass is 9.91. The molecule has 0 bridgehead atoms. The van der Waals surface area contributed by atoms with Crippen LogP contribution in [-0.4, -0.2) is 13.7 Å². The Morgan fingerprint density at radius 2 is 1.95 bits per heavy atom. The third-order valence-electron chi connectivity index (χ3n) is 3.44. The first-order valence-electron chi connectivity index (χ1n) is 7.39. The Bertz CT molecular complexity index is 435. The van der Waals surface area contributed by atoms with Crippen LogP contribution in [0.3, 0.4) is 0 Å². The maximum atomic E-state index is 5.31. The highest BCUT2D eigenvalue weighted by Gasteiger charge is 2.12. The Hall–Kier alpha value is -1.80. The van der Waals surface area contributed by atoms with E-state index in [0.29, 0.717) is 6.54 Å². The van der Waals surface area contributed by atoms with Gasteiger partial charge in [0.25, 0.3) is 0 Å². The molecular weight excluding hydrogens is 258 g/mol. The number of methoxy groups -OCH3 is 1. The fourth-order valence-electron chi connectivity index (χ4n) is 2.26. The maximum absolute atomic E-state index is 5.31. The van der Waals surface area contributed by atoms with E-state index in [1.165, 1.54) is 36.8 Å². The zero-order valence-electron chi connectivity index (χ0n) is 13.5. The van der Waals surface area contributed by atoms with Crippen LogP contribution in [0.15, 0.2) is 55.7 Å². The van der Waals surface area contributed by atoms with Crippen molar-refractivity contribution >= 4 is 0 Å². The summed E-state index contributed by atoms with van der Waals surface area (Å²) in [6, 6.07) is 6.37. The summed E-state index contributed by atoms with van der Waals surface area (Å²) < 4.78 is 5.31. The summed E-state index contributed by atoms with van der Waals surface area (Å²) in [6.07, 6.45) is 8.78. The van der Waals surface area contributed by atoms with Crippen molar-refractivity contribution in [3.63, 3.8) is 0 Å². The molecule has 2 N–H and O–H groups in total. The van der Waals surface area contributed by atoms with Crippen LogP contribution < -0.4 is 10.5 Å². The van der Waals surface area contributed by atoms with Crippen LogP contribution >= 0.6 is 0 Å². The number of hydrogen-bond acceptors (Lipinski definition) is 2. The Morgan fingerprint density at radius 3 is 2.43 bits per heavy atom. The van der Waals surface area contributed by atoms with Gasteiger partial charge in [-0.15, -0.1) is 13.2 Å². The van der Waals surface area contributed by atoms with E-state index in [-0.39, 0.29) is 0 Å². The molecule has 0 spiro atoms. The number of hydrogen-bond donors (Lipinski definition) is 1. The largest absolute Gasteiger partial charge is 0.496 e. The second-order valence-electron chi connectivity index (χ2n) is 4.58. The van der Waals surface area contributed by atoms with Gasteiger partial charge in [0.05, 0.1) is 7.11 Å². The molecule has 1 aliphatic carbocycles. The summed E-state index contributed by atoms with van der Waals surface area (Å²) in [5, 5.41) is 0. The highest BCUT2D eigenvalue weighted by atomic mass is 16.5. The van der Waals surface area contributed by atoms with E-state index in [1.54, 1.807) is 13.2 Å². The number of allylic oxidation sites excluding steroid dienone is 1. The molecule has 1 aromatic carbocycles. The molecule has 0 saturated carbocycles. The second-order valence-corrected chi connectivity index (χ2v) is 4.58. The summed E-state index contributed by atoms with van der Waals surface area (Å²) in [5.74, 6) is 1.08. The highest BCUT2D eigenvalue weighted by Crippen LogP contribution is 2.28. The van der Waals surface area contributed by atoms with E-state index in [2.05, 4.69) is 37.9 Å². The fourth-order valence-corrected chi connectivity index (χ4v) is 2.26. The first-order chi connectivity index (χ1) is 10.3. The minimum absolute atomic E-state index is 0.597. The summed E-state index contributed by atoms with van der Waals surface area (Å²) in [6.45, 7) is 12.1. The first kappa shape index (κ1) is 19.2. The Morgan fingerprint density at radius 1 is 1.29 bits per heavy atom. The number of ether oxygens (including phenoxy) is 1. The normalized spacial score (nSPS) is 12.8. The predicted octanol–water partition coefficient (Wildman–Crippen LogP) is 4.45. The Labute approximate surface area is 130 Å². The lowest BCUT2D eigenvalue weighted by molar-refractivity contribution is 0.406. The lowest BCUT2D eigenvalue weighted by Crippen LogP contribution is -2.04. The third kappa shape index (κ3) is 6.46. The molecule has 1 aliphatic rings. The summed E-state index contributed by atoms with van der Waals surface area (Å²) in [5.41, 5.74) is 9.27. The molecule has 2 nitrogen and oxygen atoms in total. The highest BCUT2D eigenvalue weighted by molar-refractivity contribution is 5.41. The zero-order chi connectivity index (χ0) is 16.1. The van der Waals surface area contributed by atoms with Gasteiger partial charge in [-0.05, 0) is 55.4 Å². The average molecular weight is 287 g/mol. The molecule has 21 heavy (non-hydrogen) atoms. The molecule has 0 fully saturated rings. The lowest BCUT2D eigenvalue weighted by Gasteiger charge is -2.17. The summed E-state index contributed by atoms with van der Waals surface area (Å²) in [4.78, 5) is 0. The van der Waals surface area contributed by atoms with E-state index < -0.39 is 0 Å². The number of fused-ring (bicyclic) bond motifs is 1. The van der Waals surface area contributed by atoms with E-state index in [4.69, 9.17) is 10.5 Å². The molecule has 1 aromatic rings. The monoisotopic (exact) mass is 287 g/mol. The Kier molecular flexibility index (Phi) is 11.0. The molecule has 2 rings (SSSR count). The van der Waals surface area contributed by atoms with Crippen molar-refractivity contribution in [1.29, 1.82) is 0 Å². The molecule has 0 atom stereocenters. The third-order valence-corrected chi connectivity index (χ3v) is 3.44. The van der Waals surface area contributed by atoms with Gasteiger partial charge in [-0.1, -0.05) is 30.9 Å². The van der Waals surface area contributed by atoms with Crippen LogP contribution in [0.4, 0.5) is 0 Å². The minimum atomic E-state index is 0.597. The summed E-state index contributed by atoms with van der Waals surface area (Å²) >= 11 is 0. The van der Waals surface area contributed by atoms with E-state index >= 15 is 0 Å². The number of rotatable bonds is 3. The van der Waals surface area contributed by atoms with E-state index in [9.17, 15) is 0 Å². The SMILES string of the molecule is C=C.C=C/C(=C\C)CN.COc1cccc2c1CCCC2. The smallest absolute Gasteiger partial charge is 0.122 e. The van der Waals surface area contributed by atoms with Gasteiger partial charge in [-0.2, -0.15) is 0 Å². The average Bonchev–Trinajstić information content (AvgIpc) is 2.58. The Balaban J connectivity index is 0.000000385. The second kappa shape index (κ2) is 12.0. The topological polar surface area (TPSA) is 35.2 Å². The van der Waals surface area contributed by atoms with Gasteiger partial charge in [-0.25, -0.2) is 0 Å². The molecule has 0 heterocycles. The van der Waals surface area contributed by atoms with Crippen LogP contribution in [-0.2, 0) is 12.8 Å². The van der Waals surface area contributed by atoms with E-state index in [1.807, 2.05) is 13.0 Å². The minimum Gasteiger partial charge on any atom is -0.496 e. The van der Waals surface area contributed by atoms with Gasteiger partial charge < -0.3 is 10.5 Å².